The smallest absolute Gasteiger partial charge is 0.263 e. The molecule has 1 aliphatic heterocycles. The summed E-state index contributed by atoms with van der Waals surface area (Å²) in [6, 6.07) is 6.76. The van der Waals surface area contributed by atoms with E-state index in [2.05, 4.69) is 10.2 Å². The van der Waals surface area contributed by atoms with E-state index in [0.29, 0.717) is 19.0 Å². The van der Waals surface area contributed by atoms with Crippen LogP contribution in [0.3, 0.4) is 0 Å². The van der Waals surface area contributed by atoms with Crippen LogP contribution in [0.5, 0.6) is 5.88 Å². The zero-order valence-corrected chi connectivity index (χ0v) is 12.9. The number of aryl methyl sites for hydroxylation is 1. The second-order valence-electron chi connectivity index (χ2n) is 5.53. The number of likely N-dealkylation sites (tertiary alicyclic amines) is 1. The fourth-order valence-electron chi connectivity index (χ4n) is 2.67. The van der Waals surface area contributed by atoms with E-state index in [4.69, 9.17) is 4.74 Å². The van der Waals surface area contributed by atoms with E-state index in [1.54, 1.807) is 48.6 Å². The number of aromatic nitrogens is 3. The summed E-state index contributed by atoms with van der Waals surface area (Å²) >= 11 is 0. The molecule has 1 saturated heterocycles. The van der Waals surface area contributed by atoms with Crippen molar-refractivity contribution in [1.82, 2.24) is 19.7 Å². The van der Waals surface area contributed by atoms with E-state index in [9.17, 15) is 9.59 Å². The van der Waals surface area contributed by atoms with Gasteiger partial charge >= 0.3 is 0 Å². The Morgan fingerprint density at radius 3 is 3.00 bits per heavy atom. The Morgan fingerprint density at radius 2 is 2.22 bits per heavy atom. The normalized spacial score (nSPS) is 17.8. The van der Waals surface area contributed by atoms with Crippen molar-refractivity contribution < 1.29 is 9.53 Å². The van der Waals surface area contributed by atoms with E-state index >= 15 is 0 Å². The summed E-state index contributed by atoms with van der Waals surface area (Å²) in [5, 5.41) is 7.67. The first kappa shape index (κ1) is 15.2. The lowest BCUT2D eigenvalue weighted by Crippen LogP contribution is -2.46. The van der Waals surface area contributed by atoms with Gasteiger partial charge in [-0.2, -0.15) is 5.10 Å². The van der Waals surface area contributed by atoms with Crippen LogP contribution >= 0.6 is 0 Å². The number of ether oxygens (including phenoxy) is 1. The van der Waals surface area contributed by atoms with E-state index in [0.717, 1.165) is 12.8 Å². The molecular formula is C16H18N4O3. The van der Waals surface area contributed by atoms with Crippen molar-refractivity contribution in [2.24, 2.45) is 7.05 Å². The molecule has 3 rings (SSSR count). The number of pyridine rings is 1. The topological polar surface area (TPSA) is 77.3 Å². The highest BCUT2D eigenvalue weighted by atomic mass is 16.5. The summed E-state index contributed by atoms with van der Waals surface area (Å²) in [5.74, 6) is 0.195. The van der Waals surface area contributed by atoms with Crippen LogP contribution in [0.15, 0.2) is 41.5 Å². The summed E-state index contributed by atoms with van der Waals surface area (Å²) in [5.41, 5.74) is -0.0929. The number of carbonyl (C=O) groups excluding carboxylic acids is 1. The van der Waals surface area contributed by atoms with Gasteiger partial charge in [0.15, 0.2) is 0 Å². The molecule has 1 fully saturated rings. The number of hydrogen-bond donors (Lipinski definition) is 0. The van der Waals surface area contributed by atoms with Gasteiger partial charge in [-0.15, -0.1) is 5.10 Å². The first-order chi connectivity index (χ1) is 11.1. The quantitative estimate of drug-likeness (QED) is 0.840. The van der Waals surface area contributed by atoms with Gasteiger partial charge in [0, 0.05) is 32.1 Å². The first-order valence-corrected chi connectivity index (χ1v) is 7.54. The summed E-state index contributed by atoms with van der Waals surface area (Å²) in [7, 11) is 1.63. The van der Waals surface area contributed by atoms with Crippen LogP contribution in [0.1, 0.15) is 23.2 Å². The Bertz CT molecular complexity index is 744. The minimum Gasteiger partial charge on any atom is -0.471 e. The molecule has 23 heavy (non-hydrogen) atoms. The van der Waals surface area contributed by atoms with Gasteiger partial charge in [-0.1, -0.05) is 0 Å². The van der Waals surface area contributed by atoms with Crippen molar-refractivity contribution in [3.63, 3.8) is 0 Å². The second kappa shape index (κ2) is 6.60. The van der Waals surface area contributed by atoms with Crippen LogP contribution in [0, 0.1) is 0 Å². The van der Waals surface area contributed by atoms with E-state index in [1.807, 2.05) is 0 Å². The zero-order valence-electron chi connectivity index (χ0n) is 12.9. The van der Waals surface area contributed by atoms with Crippen molar-refractivity contribution in [3.05, 3.63) is 52.6 Å². The third-order valence-corrected chi connectivity index (χ3v) is 3.85. The minimum absolute atomic E-state index is 0.142. The molecule has 0 aliphatic carbocycles. The number of hydrogen-bond acceptors (Lipinski definition) is 5. The average Bonchev–Trinajstić information content (AvgIpc) is 2.58. The molecule has 0 unspecified atom stereocenters. The van der Waals surface area contributed by atoms with Crippen molar-refractivity contribution in [1.29, 1.82) is 0 Å². The van der Waals surface area contributed by atoms with Crippen LogP contribution in [0.4, 0.5) is 0 Å². The van der Waals surface area contributed by atoms with Crippen LogP contribution in [-0.2, 0) is 7.05 Å². The van der Waals surface area contributed by atoms with Crippen LogP contribution < -0.4 is 10.3 Å². The summed E-state index contributed by atoms with van der Waals surface area (Å²) < 4.78 is 7.18. The highest BCUT2D eigenvalue weighted by Gasteiger charge is 2.27. The van der Waals surface area contributed by atoms with Gasteiger partial charge in [0.05, 0.1) is 6.54 Å². The Balaban J connectivity index is 1.72. The molecule has 7 heteroatoms. The molecule has 1 aliphatic rings. The number of piperidine rings is 1. The first-order valence-electron chi connectivity index (χ1n) is 7.54. The Labute approximate surface area is 133 Å². The fraction of sp³-hybridized carbons (Fsp3) is 0.375. The van der Waals surface area contributed by atoms with Gasteiger partial charge in [0.1, 0.15) is 11.7 Å². The van der Waals surface area contributed by atoms with Crippen molar-refractivity contribution >= 4 is 5.91 Å². The standard InChI is InChI=1S/C16H18N4O3/c1-19-9-4-6-13(15(19)21)16(22)20-10-3-5-12(11-20)23-14-7-2-8-17-18-14/h2,4,6-9,12H,3,5,10-11H2,1H3/t12-/m0/s1. The third kappa shape index (κ3) is 3.39. The van der Waals surface area contributed by atoms with Gasteiger partial charge in [-0.25, -0.2) is 0 Å². The molecule has 0 saturated carbocycles. The molecular weight excluding hydrogens is 296 g/mol. The van der Waals surface area contributed by atoms with Crippen LogP contribution in [0.2, 0.25) is 0 Å². The molecule has 120 valence electrons. The lowest BCUT2D eigenvalue weighted by Gasteiger charge is -2.32. The number of carbonyl (C=O) groups is 1. The highest BCUT2D eigenvalue weighted by molar-refractivity contribution is 5.93. The van der Waals surface area contributed by atoms with Crippen molar-refractivity contribution in [2.75, 3.05) is 13.1 Å². The SMILES string of the molecule is Cn1cccc(C(=O)N2CCC[C@H](Oc3cccnn3)C2)c1=O. The summed E-state index contributed by atoms with van der Waals surface area (Å²) in [6.07, 6.45) is 4.73. The predicted octanol–water partition coefficient (Wildman–Crippen LogP) is 0.859. The van der Waals surface area contributed by atoms with Crippen molar-refractivity contribution in [2.45, 2.75) is 18.9 Å². The molecule has 0 spiro atoms. The Kier molecular flexibility index (Phi) is 4.36. The van der Waals surface area contributed by atoms with Gasteiger partial charge in [-0.3, -0.25) is 9.59 Å². The maximum Gasteiger partial charge on any atom is 0.263 e. The maximum atomic E-state index is 12.6. The molecule has 0 bridgehead atoms. The van der Waals surface area contributed by atoms with Crippen LogP contribution in [0.25, 0.3) is 0 Å². The fourth-order valence-corrected chi connectivity index (χ4v) is 2.67. The largest absolute Gasteiger partial charge is 0.471 e. The van der Waals surface area contributed by atoms with E-state index in [1.165, 1.54) is 4.57 Å². The Morgan fingerprint density at radius 1 is 1.35 bits per heavy atom. The van der Waals surface area contributed by atoms with Crippen molar-refractivity contribution in [3.8, 4) is 5.88 Å². The molecule has 1 atom stereocenters. The third-order valence-electron chi connectivity index (χ3n) is 3.85. The van der Waals surface area contributed by atoms with E-state index < -0.39 is 0 Å². The molecule has 2 aromatic rings. The van der Waals surface area contributed by atoms with Gasteiger partial charge in [-0.05, 0) is 31.0 Å². The predicted molar refractivity (Wildman–Crippen MR) is 83.3 cm³/mol. The number of amides is 1. The molecule has 1 amide bonds. The minimum atomic E-state index is -0.283. The summed E-state index contributed by atoms with van der Waals surface area (Å²) in [6.45, 7) is 1.06. The zero-order chi connectivity index (χ0) is 16.2. The lowest BCUT2D eigenvalue weighted by molar-refractivity contribution is 0.0523. The molecule has 3 heterocycles. The number of rotatable bonds is 3. The number of nitrogens with zero attached hydrogens (tertiary/aromatic N) is 4. The van der Waals surface area contributed by atoms with E-state index in [-0.39, 0.29) is 23.1 Å². The van der Waals surface area contributed by atoms with Gasteiger partial charge in [0.25, 0.3) is 11.5 Å². The molecule has 0 N–H and O–H groups in total. The molecule has 0 radical (unpaired) electrons. The lowest BCUT2D eigenvalue weighted by atomic mass is 10.1. The molecule has 0 aromatic carbocycles. The molecule has 7 nitrogen and oxygen atoms in total. The maximum absolute atomic E-state index is 12.6. The van der Waals surface area contributed by atoms with Gasteiger partial charge in [0.2, 0.25) is 5.88 Å². The summed E-state index contributed by atoms with van der Waals surface area (Å²) in [4.78, 5) is 26.4. The second-order valence-corrected chi connectivity index (χ2v) is 5.53. The van der Waals surface area contributed by atoms with Crippen LogP contribution in [-0.4, -0.2) is 44.8 Å². The molecule has 2 aromatic heterocycles. The average molecular weight is 314 g/mol. The monoisotopic (exact) mass is 314 g/mol. The highest BCUT2D eigenvalue weighted by Crippen LogP contribution is 2.17. The van der Waals surface area contributed by atoms with Gasteiger partial charge < -0.3 is 14.2 Å². The Hall–Kier alpha value is -2.70.